The van der Waals surface area contributed by atoms with Gasteiger partial charge < -0.3 is 9.64 Å². The molecule has 104 valence electrons. The molecule has 0 aliphatic carbocycles. The molecule has 19 heavy (non-hydrogen) atoms. The van der Waals surface area contributed by atoms with Crippen molar-refractivity contribution in [3.63, 3.8) is 0 Å². The predicted octanol–water partition coefficient (Wildman–Crippen LogP) is 3.28. The van der Waals surface area contributed by atoms with Gasteiger partial charge in [-0.3, -0.25) is 4.79 Å². The van der Waals surface area contributed by atoms with Crippen LogP contribution in [0.5, 0.6) is 0 Å². The highest BCUT2D eigenvalue weighted by Gasteiger charge is 2.19. The largest absolute Gasteiger partial charge is 0.378 e. The van der Waals surface area contributed by atoms with E-state index in [1.54, 1.807) is 0 Å². The number of carbonyl (C=O) groups excluding carboxylic acids is 1. The number of ketones is 1. The Bertz CT molecular complexity index is 405. The monoisotopic (exact) mass is 261 g/mol. The second kappa shape index (κ2) is 6.71. The highest BCUT2D eigenvalue weighted by molar-refractivity contribution is 5.96. The highest BCUT2D eigenvalue weighted by atomic mass is 16.5. The molecule has 1 saturated heterocycles. The molecule has 1 aromatic rings. The number of piperidine rings is 1. The van der Waals surface area contributed by atoms with E-state index in [0.717, 1.165) is 38.1 Å². The Morgan fingerprint density at radius 2 is 1.84 bits per heavy atom. The van der Waals surface area contributed by atoms with Gasteiger partial charge in [0.25, 0.3) is 0 Å². The Morgan fingerprint density at radius 3 is 2.37 bits per heavy atom. The lowest BCUT2D eigenvalue weighted by atomic mass is 10.1. The Balaban J connectivity index is 1.94. The van der Waals surface area contributed by atoms with Crippen molar-refractivity contribution >= 4 is 11.5 Å². The van der Waals surface area contributed by atoms with Crippen molar-refractivity contribution in [2.45, 2.75) is 39.2 Å². The molecule has 0 unspecified atom stereocenters. The lowest BCUT2D eigenvalue weighted by molar-refractivity contribution is 0.0459. The Labute approximate surface area is 115 Å². The summed E-state index contributed by atoms with van der Waals surface area (Å²) in [5, 5.41) is 0. The van der Waals surface area contributed by atoms with Crippen molar-refractivity contribution in [1.82, 2.24) is 0 Å². The average molecular weight is 261 g/mol. The first-order chi connectivity index (χ1) is 9.24. The van der Waals surface area contributed by atoms with Crippen LogP contribution in [-0.2, 0) is 4.74 Å². The van der Waals surface area contributed by atoms with Gasteiger partial charge in [-0.1, -0.05) is 6.92 Å². The number of anilines is 1. The predicted molar refractivity (Wildman–Crippen MR) is 77.9 cm³/mol. The third kappa shape index (κ3) is 3.57. The molecule has 0 atom stereocenters. The van der Waals surface area contributed by atoms with E-state index in [1.807, 2.05) is 19.1 Å². The minimum absolute atomic E-state index is 0.210. The number of rotatable bonds is 5. The van der Waals surface area contributed by atoms with Crippen molar-refractivity contribution in [1.29, 1.82) is 0 Å². The highest BCUT2D eigenvalue weighted by Crippen LogP contribution is 2.22. The maximum absolute atomic E-state index is 11.6. The zero-order chi connectivity index (χ0) is 13.7. The van der Waals surface area contributed by atoms with Crippen molar-refractivity contribution in [2.24, 2.45) is 0 Å². The third-order valence-electron chi connectivity index (χ3n) is 3.72. The van der Waals surface area contributed by atoms with Gasteiger partial charge in [0, 0.05) is 37.4 Å². The Hall–Kier alpha value is -1.35. The molecule has 1 aromatic carbocycles. The van der Waals surface area contributed by atoms with Gasteiger partial charge in [0.05, 0.1) is 6.10 Å². The van der Waals surface area contributed by atoms with Crippen LogP contribution >= 0.6 is 0 Å². The van der Waals surface area contributed by atoms with E-state index in [0.29, 0.717) is 12.5 Å². The van der Waals surface area contributed by atoms with Crippen molar-refractivity contribution in [3.05, 3.63) is 29.8 Å². The second-order valence-corrected chi connectivity index (χ2v) is 4.97. The fourth-order valence-electron chi connectivity index (χ4n) is 2.58. The molecule has 3 heteroatoms. The fraction of sp³-hybridized carbons (Fsp3) is 0.562. The van der Waals surface area contributed by atoms with E-state index in [1.165, 1.54) is 5.69 Å². The summed E-state index contributed by atoms with van der Waals surface area (Å²) < 4.78 is 5.66. The van der Waals surface area contributed by atoms with Gasteiger partial charge in [-0.05, 0) is 44.0 Å². The summed E-state index contributed by atoms with van der Waals surface area (Å²) >= 11 is 0. The summed E-state index contributed by atoms with van der Waals surface area (Å²) in [7, 11) is 0. The van der Waals surface area contributed by atoms with Crippen molar-refractivity contribution in [3.8, 4) is 0 Å². The molecule has 1 aliphatic rings. The molecule has 2 rings (SSSR count). The summed E-state index contributed by atoms with van der Waals surface area (Å²) in [6.45, 7) is 6.82. The zero-order valence-corrected chi connectivity index (χ0v) is 11.9. The van der Waals surface area contributed by atoms with Gasteiger partial charge in [0.15, 0.2) is 5.78 Å². The normalized spacial score (nSPS) is 16.6. The molecule has 0 amide bonds. The standard InChI is InChI=1S/C16H23NO2/c1-3-16(18)13-5-7-14(8-6-13)17-11-9-15(10-12-17)19-4-2/h5-8,15H,3-4,9-12H2,1-2H3. The molecule has 0 aromatic heterocycles. The first kappa shape index (κ1) is 14.1. The lowest BCUT2D eigenvalue weighted by Gasteiger charge is -2.33. The zero-order valence-electron chi connectivity index (χ0n) is 11.9. The lowest BCUT2D eigenvalue weighted by Crippen LogP contribution is -2.37. The third-order valence-corrected chi connectivity index (χ3v) is 3.72. The maximum Gasteiger partial charge on any atom is 0.162 e. The number of nitrogens with zero attached hydrogens (tertiary/aromatic N) is 1. The molecule has 0 saturated carbocycles. The molecule has 0 N–H and O–H groups in total. The van der Waals surface area contributed by atoms with Crippen molar-refractivity contribution in [2.75, 3.05) is 24.6 Å². The first-order valence-electron chi connectivity index (χ1n) is 7.24. The average Bonchev–Trinajstić information content (AvgIpc) is 2.48. The summed E-state index contributed by atoms with van der Waals surface area (Å²) in [6.07, 6.45) is 3.16. The minimum atomic E-state index is 0.210. The Kier molecular flexibility index (Phi) is 4.97. The fourth-order valence-corrected chi connectivity index (χ4v) is 2.58. The molecule has 0 radical (unpaired) electrons. The van der Waals surface area contributed by atoms with E-state index in [4.69, 9.17) is 4.74 Å². The molecular weight excluding hydrogens is 238 g/mol. The first-order valence-corrected chi connectivity index (χ1v) is 7.24. The Morgan fingerprint density at radius 1 is 1.21 bits per heavy atom. The van der Waals surface area contributed by atoms with Crippen LogP contribution in [0.3, 0.4) is 0 Å². The van der Waals surface area contributed by atoms with Crippen LogP contribution < -0.4 is 4.90 Å². The van der Waals surface area contributed by atoms with Crippen LogP contribution in [0, 0.1) is 0 Å². The van der Waals surface area contributed by atoms with Gasteiger partial charge in [-0.25, -0.2) is 0 Å². The second-order valence-electron chi connectivity index (χ2n) is 4.97. The molecule has 3 nitrogen and oxygen atoms in total. The SMILES string of the molecule is CCOC1CCN(c2ccc(C(=O)CC)cc2)CC1. The van der Waals surface area contributed by atoms with Gasteiger partial charge in [-0.15, -0.1) is 0 Å². The molecular formula is C16H23NO2. The quantitative estimate of drug-likeness (QED) is 0.762. The number of hydrogen-bond donors (Lipinski definition) is 0. The summed E-state index contributed by atoms with van der Waals surface area (Å²) in [6, 6.07) is 8.00. The summed E-state index contributed by atoms with van der Waals surface area (Å²) in [4.78, 5) is 14.0. The number of hydrogen-bond acceptors (Lipinski definition) is 3. The minimum Gasteiger partial charge on any atom is -0.378 e. The van der Waals surface area contributed by atoms with Crippen LogP contribution in [0.4, 0.5) is 5.69 Å². The van der Waals surface area contributed by atoms with Gasteiger partial charge in [0.2, 0.25) is 0 Å². The van der Waals surface area contributed by atoms with Gasteiger partial charge >= 0.3 is 0 Å². The van der Waals surface area contributed by atoms with Gasteiger partial charge in [0.1, 0.15) is 0 Å². The molecule has 0 bridgehead atoms. The number of Topliss-reactive ketones (excluding diaryl/α,β-unsaturated/α-hetero) is 1. The van der Waals surface area contributed by atoms with Crippen LogP contribution in [-0.4, -0.2) is 31.6 Å². The molecule has 1 fully saturated rings. The molecule has 0 spiro atoms. The van der Waals surface area contributed by atoms with E-state index in [2.05, 4.69) is 24.0 Å². The topological polar surface area (TPSA) is 29.5 Å². The summed E-state index contributed by atoms with van der Waals surface area (Å²) in [5.74, 6) is 0.210. The van der Waals surface area contributed by atoms with Crippen LogP contribution in [0.15, 0.2) is 24.3 Å². The smallest absolute Gasteiger partial charge is 0.162 e. The number of carbonyl (C=O) groups is 1. The van der Waals surface area contributed by atoms with Crippen LogP contribution in [0.1, 0.15) is 43.5 Å². The number of ether oxygens (including phenoxy) is 1. The van der Waals surface area contributed by atoms with E-state index < -0.39 is 0 Å². The van der Waals surface area contributed by atoms with Gasteiger partial charge in [-0.2, -0.15) is 0 Å². The van der Waals surface area contributed by atoms with E-state index >= 15 is 0 Å². The van der Waals surface area contributed by atoms with E-state index in [-0.39, 0.29) is 5.78 Å². The molecule has 1 aliphatic heterocycles. The van der Waals surface area contributed by atoms with Crippen LogP contribution in [0.2, 0.25) is 0 Å². The molecule has 1 heterocycles. The number of benzene rings is 1. The summed E-state index contributed by atoms with van der Waals surface area (Å²) in [5.41, 5.74) is 2.03. The van der Waals surface area contributed by atoms with E-state index in [9.17, 15) is 4.79 Å². The van der Waals surface area contributed by atoms with Crippen LogP contribution in [0.25, 0.3) is 0 Å². The van der Waals surface area contributed by atoms with Crippen molar-refractivity contribution < 1.29 is 9.53 Å². The maximum atomic E-state index is 11.6.